The van der Waals surface area contributed by atoms with Crippen LogP contribution in [0.4, 0.5) is 0 Å². The summed E-state index contributed by atoms with van der Waals surface area (Å²) in [6.45, 7) is 9.70. The number of methoxy groups -OCH3 is 1. The molecule has 3 saturated carbocycles. The number of ketones is 1. The fourth-order valence-electron chi connectivity index (χ4n) is 6.54. The minimum atomic E-state index is -1.28. The zero-order chi connectivity index (χ0) is 19.7. The highest BCUT2D eigenvalue weighted by Gasteiger charge is 2.63. The number of aliphatic hydroxyl groups is 3. The predicted molar refractivity (Wildman–Crippen MR) is 98.4 cm³/mol. The maximum Gasteiger partial charge on any atom is 0.142 e. The Balaban J connectivity index is 2.10. The molecule has 3 fully saturated rings. The molecular weight excluding hydrogens is 332 g/mol. The minimum Gasteiger partial charge on any atom is -0.393 e. The van der Waals surface area contributed by atoms with Crippen LogP contribution in [-0.2, 0) is 9.53 Å². The van der Waals surface area contributed by atoms with Gasteiger partial charge in [-0.25, -0.2) is 0 Å². The highest BCUT2D eigenvalue weighted by atomic mass is 16.5. The van der Waals surface area contributed by atoms with Crippen molar-refractivity contribution in [1.29, 1.82) is 0 Å². The van der Waals surface area contributed by atoms with E-state index in [1.807, 2.05) is 20.8 Å². The molecule has 3 N–H and O–H groups in total. The number of carbonyl (C=O) groups excluding carboxylic acids is 1. The lowest BCUT2D eigenvalue weighted by Crippen LogP contribution is -2.45. The lowest BCUT2D eigenvalue weighted by atomic mass is 9.64. The Kier molecular flexibility index (Phi) is 4.88. The Labute approximate surface area is 157 Å². The second kappa shape index (κ2) is 6.26. The molecule has 5 heteroatoms. The van der Waals surface area contributed by atoms with E-state index < -0.39 is 28.6 Å². The van der Waals surface area contributed by atoms with E-state index in [9.17, 15) is 20.1 Å². The highest BCUT2D eigenvalue weighted by molar-refractivity contribution is 5.88. The molecule has 0 aromatic heterocycles. The molecule has 150 valence electrons. The average molecular weight is 369 g/mol. The van der Waals surface area contributed by atoms with Crippen LogP contribution in [0.15, 0.2) is 0 Å². The van der Waals surface area contributed by atoms with Crippen LogP contribution in [-0.4, -0.2) is 52.1 Å². The first-order valence-corrected chi connectivity index (χ1v) is 10.0. The molecule has 26 heavy (non-hydrogen) atoms. The van der Waals surface area contributed by atoms with Crippen molar-refractivity contribution < 1.29 is 24.9 Å². The lowest BCUT2D eigenvalue weighted by Gasteiger charge is -2.40. The highest BCUT2D eigenvalue weighted by Crippen LogP contribution is 2.60. The van der Waals surface area contributed by atoms with Crippen LogP contribution in [0.25, 0.3) is 0 Å². The van der Waals surface area contributed by atoms with Gasteiger partial charge in [0.1, 0.15) is 5.78 Å². The van der Waals surface area contributed by atoms with E-state index >= 15 is 0 Å². The molecule has 0 amide bonds. The molecule has 0 aromatic rings. The molecule has 3 rings (SSSR count). The third kappa shape index (κ3) is 2.78. The maximum absolute atomic E-state index is 13.8. The first kappa shape index (κ1) is 20.2. The Bertz CT molecular complexity index is 571. The number of rotatable bonds is 1. The van der Waals surface area contributed by atoms with Crippen LogP contribution in [0, 0.1) is 34.5 Å². The van der Waals surface area contributed by atoms with Gasteiger partial charge >= 0.3 is 0 Å². The molecule has 3 aliphatic carbocycles. The second-order valence-corrected chi connectivity index (χ2v) is 10.4. The summed E-state index contributed by atoms with van der Waals surface area (Å²) >= 11 is 0. The van der Waals surface area contributed by atoms with Crippen LogP contribution < -0.4 is 0 Å². The van der Waals surface area contributed by atoms with Gasteiger partial charge in [-0.1, -0.05) is 27.7 Å². The third-order valence-corrected chi connectivity index (χ3v) is 8.27. The molecule has 0 unspecified atom stereocenters. The fraction of sp³-hybridized carbons (Fsp3) is 0.952. The molecule has 0 aliphatic heterocycles. The van der Waals surface area contributed by atoms with Crippen LogP contribution in [0.3, 0.4) is 0 Å². The minimum absolute atomic E-state index is 0.0953. The summed E-state index contributed by atoms with van der Waals surface area (Å²) in [5, 5.41) is 32.7. The maximum atomic E-state index is 13.8. The number of hydrogen-bond acceptors (Lipinski definition) is 5. The van der Waals surface area contributed by atoms with E-state index in [1.165, 1.54) is 0 Å². The predicted octanol–water partition coefficient (Wildman–Crippen LogP) is 2.16. The van der Waals surface area contributed by atoms with Crippen LogP contribution in [0.2, 0.25) is 0 Å². The van der Waals surface area contributed by atoms with Crippen LogP contribution in [0.1, 0.15) is 60.3 Å². The first-order chi connectivity index (χ1) is 11.9. The van der Waals surface area contributed by atoms with Crippen molar-refractivity contribution in [3.8, 4) is 0 Å². The number of hydrogen-bond donors (Lipinski definition) is 3. The van der Waals surface area contributed by atoms with Crippen molar-refractivity contribution in [3.63, 3.8) is 0 Å². The summed E-state index contributed by atoms with van der Waals surface area (Å²) in [5.74, 6) is -0.0559. The van der Waals surface area contributed by atoms with Gasteiger partial charge in [0.2, 0.25) is 0 Å². The van der Waals surface area contributed by atoms with E-state index in [4.69, 9.17) is 4.74 Å². The van der Waals surface area contributed by atoms with Gasteiger partial charge < -0.3 is 20.1 Å². The van der Waals surface area contributed by atoms with Gasteiger partial charge in [-0.2, -0.15) is 0 Å². The topological polar surface area (TPSA) is 87.0 Å². The second-order valence-electron chi connectivity index (χ2n) is 10.4. The smallest absolute Gasteiger partial charge is 0.142 e. The van der Waals surface area contributed by atoms with Gasteiger partial charge in [0.25, 0.3) is 0 Å². The number of ether oxygens (including phenoxy) is 1. The van der Waals surface area contributed by atoms with Gasteiger partial charge in [0.05, 0.1) is 23.9 Å². The van der Waals surface area contributed by atoms with Gasteiger partial charge in [-0.05, 0) is 55.8 Å². The SMILES string of the molecule is CO[C@@H]1[C@H]2C[C@@](C)(O)[C@@H](O)C[C@H]3C(C)(C)[C@H](O)C[C@@]3(C)C(=O)[C@H]2C[C@H]1C. The van der Waals surface area contributed by atoms with Crippen molar-refractivity contribution in [2.24, 2.45) is 34.5 Å². The lowest BCUT2D eigenvalue weighted by molar-refractivity contribution is -0.137. The Morgan fingerprint density at radius 1 is 1.04 bits per heavy atom. The van der Waals surface area contributed by atoms with Gasteiger partial charge in [-0.3, -0.25) is 4.79 Å². The van der Waals surface area contributed by atoms with Gasteiger partial charge in [0.15, 0.2) is 0 Å². The van der Waals surface area contributed by atoms with Crippen molar-refractivity contribution in [2.75, 3.05) is 7.11 Å². The number of aliphatic hydroxyl groups excluding tert-OH is 2. The molecule has 0 radical (unpaired) electrons. The van der Waals surface area contributed by atoms with Crippen molar-refractivity contribution >= 4 is 5.78 Å². The number of fused-ring (bicyclic) bond motifs is 2. The molecule has 9 atom stereocenters. The van der Waals surface area contributed by atoms with E-state index in [0.717, 1.165) is 6.42 Å². The van der Waals surface area contributed by atoms with Gasteiger partial charge in [-0.15, -0.1) is 0 Å². The van der Waals surface area contributed by atoms with E-state index in [2.05, 4.69) is 6.92 Å². The Hall–Kier alpha value is -0.490. The molecule has 0 aromatic carbocycles. The third-order valence-electron chi connectivity index (χ3n) is 8.27. The summed E-state index contributed by atoms with van der Waals surface area (Å²) < 4.78 is 5.72. The quantitative estimate of drug-likeness (QED) is 0.660. The number of Topliss-reactive ketones (excluding diaryl/α,β-unsaturated/α-hetero) is 1. The monoisotopic (exact) mass is 368 g/mol. The van der Waals surface area contributed by atoms with Crippen LogP contribution in [0.5, 0.6) is 0 Å². The normalized spacial score (nSPS) is 54.2. The fourth-order valence-corrected chi connectivity index (χ4v) is 6.54. The molecule has 0 saturated heterocycles. The van der Waals surface area contributed by atoms with E-state index in [-0.39, 0.29) is 35.6 Å². The first-order valence-electron chi connectivity index (χ1n) is 10.0. The molecule has 0 bridgehead atoms. The molecular formula is C21H36O5. The molecule has 0 spiro atoms. The largest absolute Gasteiger partial charge is 0.393 e. The number of carbonyl (C=O) groups is 1. The van der Waals surface area contributed by atoms with E-state index in [1.54, 1.807) is 14.0 Å². The summed E-state index contributed by atoms with van der Waals surface area (Å²) in [6.07, 6.45) is 0.234. The molecule has 5 nitrogen and oxygen atoms in total. The van der Waals surface area contributed by atoms with Crippen molar-refractivity contribution in [1.82, 2.24) is 0 Å². The summed E-state index contributed by atoms with van der Waals surface area (Å²) in [4.78, 5) is 13.8. The summed E-state index contributed by atoms with van der Waals surface area (Å²) in [7, 11) is 1.67. The molecule has 0 heterocycles. The zero-order valence-corrected chi connectivity index (χ0v) is 17.0. The Morgan fingerprint density at radius 2 is 1.65 bits per heavy atom. The summed E-state index contributed by atoms with van der Waals surface area (Å²) in [5.41, 5.74) is -2.44. The average Bonchev–Trinajstić information content (AvgIpc) is 2.93. The van der Waals surface area contributed by atoms with Crippen molar-refractivity contribution in [3.05, 3.63) is 0 Å². The molecule has 3 aliphatic rings. The van der Waals surface area contributed by atoms with Gasteiger partial charge in [0, 0.05) is 18.4 Å². The van der Waals surface area contributed by atoms with Crippen molar-refractivity contribution in [2.45, 2.75) is 84.2 Å². The summed E-state index contributed by atoms with van der Waals surface area (Å²) in [6, 6.07) is 0. The van der Waals surface area contributed by atoms with E-state index in [0.29, 0.717) is 19.3 Å². The standard InChI is InChI=1S/C21H36O5/c1-11-7-12-13(17(11)26-6)9-21(5,25)15(22)8-14-19(2,3)16(23)10-20(14,4)18(12)24/h11-17,22-23,25H,7-10H2,1-6H3/t11-,12+,13+,14+,15+,16-,17+,20-,21-/m1/s1. The Morgan fingerprint density at radius 3 is 2.23 bits per heavy atom. The zero-order valence-electron chi connectivity index (χ0n) is 17.0. The van der Waals surface area contributed by atoms with Crippen LogP contribution >= 0.6 is 0 Å².